The lowest BCUT2D eigenvalue weighted by molar-refractivity contribution is 0.0706. The Balaban J connectivity index is 1.98. The molecule has 0 unspecified atom stereocenters. The lowest BCUT2D eigenvalue weighted by atomic mass is 10.00. The molecule has 0 atom stereocenters. The Bertz CT molecular complexity index is 1220. The van der Waals surface area contributed by atoms with Gasteiger partial charge in [0.05, 0.1) is 14.2 Å². The molecule has 0 aliphatic heterocycles. The predicted octanol–water partition coefficient (Wildman–Crippen LogP) is 3.44. The summed E-state index contributed by atoms with van der Waals surface area (Å²) >= 11 is 0. The van der Waals surface area contributed by atoms with Gasteiger partial charge in [0.25, 0.3) is 17.7 Å². The van der Waals surface area contributed by atoms with Crippen LogP contribution >= 0.6 is 0 Å². The highest BCUT2D eigenvalue weighted by Crippen LogP contribution is 2.29. The van der Waals surface area contributed by atoms with Crippen molar-refractivity contribution in [3.05, 3.63) is 77.4 Å². The summed E-state index contributed by atoms with van der Waals surface area (Å²) in [6, 6.07) is 16.3. The van der Waals surface area contributed by atoms with Gasteiger partial charge in [0.1, 0.15) is 0 Å². The molecular weight excluding hydrogens is 438 g/mol. The minimum Gasteiger partial charge on any atom is -0.493 e. The summed E-state index contributed by atoms with van der Waals surface area (Å²) in [5.74, 6) is -0.348. The van der Waals surface area contributed by atoms with Crippen molar-refractivity contribution in [2.45, 2.75) is 0 Å². The van der Waals surface area contributed by atoms with Crippen molar-refractivity contribution in [2.24, 2.45) is 0 Å². The Labute approximate surface area is 196 Å². The van der Waals surface area contributed by atoms with Crippen molar-refractivity contribution in [3.8, 4) is 22.6 Å². The molecule has 0 aliphatic carbocycles. The van der Waals surface area contributed by atoms with E-state index in [1.54, 1.807) is 80.2 Å². The van der Waals surface area contributed by atoms with Crippen LogP contribution < -0.4 is 20.3 Å². The molecule has 9 heteroatoms. The average molecular weight is 463 g/mol. The number of methoxy groups -OCH3 is 2. The molecule has 3 rings (SSSR count). The Morgan fingerprint density at radius 1 is 0.735 bits per heavy atom. The number of benzene rings is 3. The number of ether oxygens (including phenoxy) is 2. The van der Waals surface area contributed by atoms with Crippen LogP contribution in [0.25, 0.3) is 11.1 Å². The molecule has 34 heavy (non-hydrogen) atoms. The van der Waals surface area contributed by atoms with E-state index in [0.717, 1.165) is 0 Å². The van der Waals surface area contributed by atoms with Crippen LogP contribution in [0.3, 0.4) is 0 Å². The third-order valence-corrected chi connectivity index (χ3v) is 5.07. The van der Waals surface area contributed by atoms with E-state index in [1.807, 2.05) is 0 Å². The van der Waals surface area contributed by atoms with E-state index < -0.39 is 11.8 Å². The van der Waals surface area contributed by atoms with E-state index in [1.165, 1.54) is 19.1 Å². The van der Waals surface area contributed by atoms with Crippen molar-refractivity contribution in [1.82, 2.24) is 10.4 Å². The first-order valence-corrected chi connectivity index (χ1v) is 10.2. The second-order valence-electron chi connectivity index (χ2n) is 7.54. The normalized spacial score (nSPS) is 10.3. The third-order valence-electron chi connectivity index (χ3n) is 5.07. The Kier molecular flexibility index (Phi) is 7.50. The lowest BCUT2D eigenvalue weighted by Gasteiger charge is -2.15. The van der Waals surface area contributed by atoms with Crippen LogP contribution in [0.1, 0.15) is 31.1 Å². The van der Waals surface area contributed by atoms with E-state index in [9.17, 15) is 14.4 Å². The number of anilines is 1. The van der Waals surface area contributed by atoms with Crippen LogP contribution in [0.4, 0.5) is 5.69 Å². The predicted molar refractivity (Wildman–Crippen MR) is 127 cm³/mol. The Morgan fingerprint density at radius 3 is 1.97 bits per heavy atom. The molecule has 0 fully saturated rings. The molecule has 3 N–H and O–H groups in total. The maximum absolute atomic E-state index is 12.9. The van der Waals surface area contributed by atoms with E-state index in [2.05, 4.69) is 5.32 Å². The summed E-state index contributed by atoms with van der Waals surface area (Å²) in [4.78, 5) is 38.6. The fourth-order valence-corrected chi connectivity index (χ4v) is 3.31. The highest BCUT2D eigenvalue weighted by atomic mass is 16.5. The molecule has 0 heterocycles. The van der Waals surface area contributed by atoms with Crippen LogP contribution in [0.15, 0.2) is 60.7 Å². The van der Waals surface area contributed by atoms with Gasteiger partial charge in [-0.1, -0.05) is 12.1 Å². The van der Waals surface area contributed by atoms with Crippen molar-refractivity contribution in [1.29, 1.82) is 0 Å². The summed E-state index contributed by atoms with van der Waals surface area (Å²) in [5.41, 5.74) is 4.37. The van der Waals surface area contributed by atoms with Gasteiger partial charge in [0.15, 0.2) is 11.5 Å². The first-order valence-electron chi connectivity index (χ1n) is 10.2. The molecule has 0 aliphatic rings. The number of hydrogen-bond donors (Lipinski definition) is 3. The highest BCUT2D eigenvalue weighted by Gasteiger charge is 2.16. The second kappa shape index (κ2) is 10.5. The topological polar surface area (TPSA) is 117 Å². The first-order chi connectivity index (χ1) is 16.3. The number of nitrogens with one attached hydrogen (secondary N) is 2. The number of hydroxylamine groups is 1. The first kappa shape index (κ1) is 24.3. The van der Waals surface area contributed by atoms with E-state index in [-0.39, 0.29) is 11.5 Å². The zero-order valence-electron chi connectivity index (χ0n) is 19.2. The van der Waals surface area contributed by atoms with Gasteiger partial charge in [0.2, 0.25) is 0 Å². The molecule has 3 amide bonds. The fraction of sp³-hybridized carbons (Fsp3) is 0.160. The van der Waals surface area contributed by atoms with Crippen LogP contribution in [-0.2, 0) is 0 Å². The largest absolute Gasteiger partial charge is 0.493 e. The number of amides is 3. The number of carbonyl (C=O) groups is 3. The number of rotatable bonds is 7. The van der Waals surface area contributed by atoms with Gasteiger partial charge in [-0.05, 0) is 59.7 Å². The Morgan fingerprint density at radius 2 is 1.38 bits per heavy atom. The molecule has 0 bridgehead atoms. The summed E-state index contributed by atoms with van der Waals surface area (Å²) in [5, 5.41) is 11.6. The fourth-order valence-electron chi connectivity index (χ4n) is 3.31. The molecular formula is C25H25N3O6. The average Bonchev–Trinajstić information content (AvgIpc) is 2.86. The maximum atomic E-state index is 12.9. The van der Waals surface area contributed by atoms with Crippen LogP contribution in [0.5, 0.6) is 11.5 Å². The summed E-state index contributed by atoms with van der Waals surface area (Å²) in [6.45, 7) is 0. The number of carbonyl (C=O) groups excluding carboxylic acids is 3. The van der Waals surface area contributed by atoms with Crippen molar-refractivity contribution in [3.63, 3.8) is 0 Å². The Hall–Kier alpha value is -4.37. The van der Waals surface area contributed by atoms with Gasteiger partial charge in [0, 0.05) is 36.5 Å². The van der Waals surface area contributed by atoms with Crippen LogP contribution in [0, 0.1) is 0 Å². The third kappa shape index (κ3) is 5.33. The molecule has 9 nitrogen and oxygen atoms in total. The van der Waals surface area contributed by atoms with Crippen molar-refractivity contribution >= 4 is 23.4 Å². The van der Waals surface area contributed by atoms with Crippen LogP contribution in [-0.4, -0.2) is 56.1 Å². The van der Waals surface area contributed by atoms with Crippen molar-refractivity contribution < 1.29 is 29.1 Å². The number of nitrogens with zero attached hydrogens (tertiary/aromatic N) is 1. The van der Waals surface area contributed by atoms with E-state index >= 15 is 0 Å². The highest BCUT2D eigenvalue weighted by molar-refractivity contribution is 6.06. The van der Waals surface area contributed by atoms with E-state index in [4.69, 9.17) is 14.7 Å². The van der Waals surface area contributed by atoms with Gasteiger partial charge in [-0.25, -0.2) is 5.48 Å². The maximum Gasteiger partial charge on any atom is 0.274 e. The summed E-state index contributed by atoms with van der Waals surface area (Å²) in [7, 11) is 6.27. The molecule has 0 aromatic heterocycles. The van der Waals surface area contributed by atoms with E-state index in [0.29, 0.717) is 39.4 Å². The van der Waals surface area contributed by atoms with Crippen LogP contribution in [0.2, 0.25) is 0 Å². The van der Waals surface area contributed by atoms with Gasteiger partial charge >= 0.3 is 0 Å². The standard InChI is InChI=1S/C25H25N3O6/c1-28(2)25(31)19-11-18(15-5-7-16(8-6-15)24(30)27-32)12-20(13-19)26-23(29)17-9-10-21(33-3)22(14-17)34-4/h5-14,32H,1-4H3,(H,26,29)(H,27,30). The molecule has 0 spiro atoms. The zero-order valence-corrected chi connectivity index (χ0v) is 19.2. The minimum absolute atomic E-state index is 0.236. The van der Waals surface area contributed by atoms with Gasteiger partial charge in [-0.3, -0.25) is 19.6 Å². The molecule has 0 radical (unpaired) electrons. The molecule has 0 saturated carbocycles. The quantitative estimate of drug-likeness (QED) is 0.365. The van der Waals surface area contributed by atoms with Gasteiger partial charge < -0.3 is 19.7 Å². The lowest BCUT2D eigenvalue weighted by Crippen LogP contribution is -2.22. The minimum atomic E-state index is -0.633. The number of hydrogen-bond acceptors (Lipinski definition) is 6. The zero-order chi connectivity index (χ0) is 24.8. The summed E-state index contributed by atoms with van der Waals surface area (Å²) in [6.07, 6.45) is 0. The van der Waals surface area contributed by atoms with Gasteiger partial charge in [-0.2, -0.15) is 0 Å². The SMILES string of the molecule is COc1ccc(C(=O)Nc2cc(C(=O)N(C)C)cc(-c3ccc(C(=O)NO)cc3)c2)cc1OC. The monoisotopic (exact) mass is 463 g/mol. The van der Waals surface area contributed by atoms with Crippen molar-refractivity contribution in [2.75, 3.05) is 33.6 Å². The molecule has 3 aromatic rings. The smallest absolute Gasteiger partial charge is 0.274 e. The molecule has 176 valence electrons. The molecule has 3 aromatic carbocycles. The molecule has 0 saturated heterocycles. The summed E-state index contributed by atoms with van der Waals surface area (Å²) < 4.78 is 10.5. The van der Waals surface area contributed by atoms with Gasteiger partial charge in [-0.15, -0.1) is 0 Å². The second-order valence-corrected chi connectivity index (χ2v) is 7.54.